The molecule has 2 rings (SSSR count). The number of hydrogen-bond acceptors (Lipinski definition) is 4. The highest BCUT2D eigenvalue weighted by Crippen LogP contribution is 2.22. The zero-order valence-corrected chi connectivity index (χ0v) is 12.2. The van der Waals surface area contributed by atoms with Crippen LogP contribution in [-0.4, -0.2) is 28.6 Å². The molecular weight excluding hydrogens is 236 g/mol. The number of anilines is 1. The van der Waals surface area contributed by atoms with Crippen molar-refractivity contribution in [3.8, 4) is 0 Å². The van der Waals surface area contributed by atoms with Crippen LogP contribution in [0, 0.1) is 0 Å². The molecule has 1 aromatic heterocycles. The predicted octanol–water partition coefficient (Wildman–Crippen LogP) is 2.53. The quantitative estimate of drug-likeness (QED) is 0.906. The van der Waals surface area contributed by atoms with Gasteiger partial charge in [-0.05, 0) is 38.2 Å². The lowest BCUT2D eigenvalue weighted by molar-refractivity contribution is 0.547. The smallest absolute Gasteiger partial charge is 0.225 e. The third-order valence-electron chi connectivity index (χ3n) is 3.85. The molecule has 2 heterocycles. The molecule has 0 amide bonds. The SMILES string of the molecule is CCC1CCCCCN1c1ncc(CC(C)N)cn1. The van der Waals surface area contributed by atoms with Crippen LogP contribution in [0.4, 0.5) is 5.95 Å². The second-order valence-electron chi connectivity index (χ2n) is 5.68. The molecule has 0 spiro atoms. The summed E-state index contributed by atoms with van der Waals surface area (Å²) in [6.07, 6.45) is 11.1. The van der Waals surface area contributed by atoms with Crippen molar-refractivity contribution in [2.24, 2.45) is 5.73 Å². The fourth-order valence-corrected chi connectivity index (χ4v) is 2.84. The van der Waals surface area contributed by atoms with Crippen molar-refractivity contribution in [2.45, 2.75) is 64.5 Å². The maximum Gasteiger partial charge on any atom is 0.225 e. The lowest BCUT2D eigenvalue weighted by atomic mass is 10.1. The maximum absolute atomic E-state index is 5.80. The van der Waals surface area contributed by atoms with Crippen molar-refractivity contribution in [2.75, 3.05) is 11.4 Å². The molecule has 2 N–H and O–H groups in total. The van der Waals surface area contributed by atoms with E-state index < -0.39 is 0 Å². The van der Waals surface area contributed by atoms with Crippen LogP contribution in [0.1, 0.15) is 51.5 Å². The summed E-state index contributed by atoms with van der Waals surface area (Å²) in [5, 5.41) is 0. The first-order chi connectivity index (χ1) is 9.20. The standard InChI is InChI=1S/C15H26N4/c1-3-14-7-5-4-6-8-19(14)15-17-10-13(11-18-15)9-12(2)16/h10-12,14H,3-9,16H2,1-2H3. The summed E-state index contributed by atoms with van der Waals surface area (Å²) in [5.74, 6) is 0.891. The Hall–Kier alpha value is -1.16. The van der Waals surface area contributed by atoms with E-state index >= 15 is 0 Å². The summed E-state index contributed by atoms with van der Waals surface area (Å²) in [6, 6.07) is 0.762. The summed E-state index contributed by atoms with van der Waals surface area (Å²) in [5.41, 5.74) is 6.93. The number of rotatable bonds is 4. The van der Waals surface area contributed by atoms with Gasteiger partial charge >= 0.3 is 0 Å². The average Bonchev–Trinajstić information content (AvgIpc) is 2.64. The molecule has 106 valence electrons. The maximum atomic E-state index is 5.80. The molecule has 4 heteroatoms. The molecule has 19 heavy (non-hydrogen) atoms. The number of aromatic nitrogens is 2. The Morgan fingerprint density at radius 2 is 2.05 bits per heavy atom. The van der Waals surface area contributed by atoms with Gasteiger partial charge in [0.05, 0.1) is 0 Å². The molecule has 0 aliphatic carbocycles. The first kappa shape index (κ1) is 14.3. The first-order valence-electron chi connectivity index (χ1n) is 7.54. The van der Waals surface area contributed by atoms with Gasteiger partial charge in [-0.1, -0.05) is 19.8 Å². The molecule has 1 aliphatic rings. The van der Waals surface area contributed by atoms with Gasteiger partial charge in [0.25, 0.3) is 0 Å². The van der Waals surface area contributed by atoms with E-state index in [-0.39, 0.29) is 6.04 Å². The molecule has 1 saturated heterocycles. The van der Waals surface area contributed by atoms with Gasteiger partial charge < -0.3 is 10.6 Å². The van der Waals surface area contributed by atoms with Crippen molar-refractivity contribution in [1.29, 1.82) is 0 Å². The topological polar surface area (TPSA) is 55.0 Å². The zero-order chi connectivity index (χ0) is 13.7. The molecule has 4 nitrogen and oxygen atoms in total. The van der Waals surface area contributed by atoms with Crippen LogP contribution in [0.2, 0.25) is 0 Å². The molecule has 1 fully saturated rings. The monoisotopic (exact) mass is 262 g/mol. The van der Waals surface area contributed by atoms with Crippen molar-refractivity contribution in [3.05, 3.63) is 18.0 Å². The minimum absolute atomic E-state index is 0.163. The van der Waals surface area contributed by atoms with Crippen LogP contribution in [0.15, 0.2) is 12.4 Å². The van der Waals surface area contributed by atoms with Crippen molar-refractivity contribution in [3.63, 3.8) is 0 Å². The Bertz CT molecular complexity index is 374. The molecule has 2 unspecified atom stereocenters. The number of hydrogen-bond donors (Lipinski definition) is 1. The van der Waals surface area contributed by atoms with E-state index in [4.69, 9.17) is 5.73 Å². The highest BCUT2D eigenvalue weighted by atomic mass is 15.3. The highest BCUT2D eigenvalue weighted by Gasteiger charge is 2.21. The molecule has 0 aromatic carbocycles. The van der Waals surface area contributed by atoms with Crippen LogP contribution < -0.4 is 10.6 Å². The normalized spacial score (nSPS) is 22.1. The van der Waals surface area contributed by atoms with E-state index in [0.29, 0.717) is 6.04 Å². The summed E-state index contributed by atoms with van der Waals surface area (Å²) in [4.78, 5) is 11.5. The predicted molar refractivity (Wildman–Crippen MR) is 79.3 cm³/mol. The molecular formula is C15H26N4. The van der Waals surface area contributed by atoms with Gasteiger partial charge in [-0.25, -0.2) is 9.97 Å². The fourth-order valence-electron chi connectivity index (χ4n) is 2.84. The second-order valence-corrected chi connectivity index (χ2v) is 5.68. The van der Waals surface area contributed by atoms with E-state index in [1.54, 1.807) is 0 Å². The Morgan fingerprint density at radius 3 is 2.68 bits per heavy atom. The summed E-state index contributed by atoms with van der Waals surface area (Å²) >= 11 is 0. The van der Waals surface area contributed by atoms with Crippen LogP contribution in [0.5, 0.6) is 0 Å². The lowest BCUT2D eigenvalue weighted by Gasteiger charge is -2.29. The molecule has 0 saturated carbocycles. The Labute approximate surface area is 116 Å². The molecule has 0 radical (unpaired) electrons. The van der Waals surface area contributed by atoms with Crippen molar-refractivity contribution < 1.29 is 0 Å². The first-order valence-corrected chi connectivity index (χ1v) is 7.54. The largest absolute Gasteiger partial charge is 0.338 e. The van der Waals surface area contributed by atoms with Crippen LogP contribution in [-0.2, 0) is 6.42 Å². The van der Waals surface area contributed by atoms with Gasteiger partial charge in [-0.3, -0.25) is 0 Å². The van der Waals surface area contributed by atoms with Gasteiger partial charge in [0.1, 0.15) is 0 Å². The zero-order valence-electron chi connectivity index (χ0n) is 12.2. The Morgan fingerprint density at radius 1 is 1.32 bits per heavy atom. The van der Waals surface area contributed by atoms with Gasteiger partial charge in [0.2, 0.25) is 5.95 Å². The Kier molecular flexibility index (Phi) is 5.14. The van der Waals surface area contributed by atoms with Gasteiger partial charge in [-0.15, -0.1) is 0 Å². The van der Waals surface area contributed by atoms with Crippen LogP contribution in [0.3, 0.4) is 0 Å². The molecule has 1 aliphatic heterocycles. The van der Waals surface area contributed by atoms with E-state index in [9.17, 15) is 0 Å². The Balaban J connectivity index is 2.10. The lowest BCUT2D eigenvalue weighted by Crippen LogP contribution is -2.35. The van der Waals surface area contributed by atoms with Crippen molar-refractivity contribution in [1.82, 2.24) is 9.97 Å². The average molecular weight is 262 g/mol. The minimum atomic E-state index is 0.163. The summed E-state index contributed by atoms with van der Waals surface area (Å²) in [6.45, 7) is 5.36. The summed E-state index contributed by atoms with van der Waals surface area (Å²) in [7, 11) is 0. The second kappa shape index (κ2) is 6.85. The number of nitrogens with zero attached hydrogens (tertiary/aromatic N) is 3. The van der Waals surface area contributed by atoms with E-state index in [1.807, 2.05) is 19.3 Å². The van der Waals surface area contributed by atoms with E-state index in [1.165, 1.54) is 32.1 Å². The van der Waals surface area contributed by atoms with Gasteiger partial charge in [0, 0.05) is 31.0 Å². The number of nitrogens with two attached hydrogens (primary N) is 1. The molecule has 1 aromatic rings. The van der Waals surface area contributed by atoms with Gasteiger partial charge in [-0.2, -0.15) is 0 Å². The van der Waals surface area contributed by atoms with Crippen LogP contribution >= 0.6 is 0 Å². The van der Waals surface area contributed by atoms with E-state index in [0.717, 1.165) is 24.5 Å². The summed E-state index contributed by atoms with van der Waals surface area (Å²) < 4.78 is 0. The van der Waals surface area contributed by atoms with E-state index in [2.05, 4.69) is 21.8 Å². The minimum Gasteiger partial charge on any atom is -0.338 e. The molecule has 0 bridgehead atoms. The van der Waals surface area contributed by atoms with Gasteiger partial charge in [0.15, 0.2) is 0 Å². The van der Waals surface area contributed by atoms with Crippen LogP contribution in [0.25, 0.3) is 0 Å². The highest BCUT2D eigenvalue weighted by molar-refractivity contribution is 5.32. The molecule has 2 atom stereocenters. The third-order valence-corrected chi connectivity index (χ3v) is 3.85. The fraction of sp³-hybridized carbons (Fsp3) is 0.733. The third kappa shape index (κ3) is 3.90. The van der Waals surface area contributed by atoms with Crippen molar-refractivity contribution >= 4 is 5.95 Å².